The minimum absolute atomic E-state index is 0.629. The van der Waals surface area contributed by atoms with Crippen molar-refractivity contribution in [3.63, 3.8) is 0 Å². The van der Waals surface area contributed by atoms with Gasteiger partial charge in [-0.05, 0) is 92.2 Å². The lowest BCUT2D eigenvalue weighted by atomic mass is 10.00. The fraction of sp³-hybridized carbons (Fsp3) is 0. The van der Waals surface area contributed by atoms with E-state index in [0.717, 1.165) is 55.6 Å². The molecule has 0 N–H and O–H groups in total. The van der Waals surface area contributed by atoms with Gasteiger partial charge in [-0.3, -0.25) is 0 Å². The summed E-state index contributed by atoms with van der Waals surface area (Å²) < 4.78 is 6.57. The fourth-order valence-electron chi connectivity index (χ4n) is 7.52. The molecule has 0 unspecified atom stereocenters. The predicted octanol–water partition coefficient (Wildman–Crippen LogP) is 13.8. The number of hydrogen-bond acceptors (Lipinski definition) is 3. The molecule has 52 heavy (non-hydrogen) atoms. The second-order valence-electron chi connectivity index (χ2n) is 13.2. The van der Waals surface area contributed by atoms with Crippen LogP contribution < -0.4 is 4.90 Å². The van der Waals surface area contributed by atoms with Crippen molar-refractivity contribution >= 4 is 60.5 Å². The van der Waals surface area contributed by atoms with Crippen LogP contribution in [0.2, 0.25) is 0 Å². The average molecular weight is 665 g/mol. The summed E-state index contributed by atoms with van der Waals surface area (Å²) in [4.78, 5) is 7.31. The molecule has 0 amide bonds. The van der Waals surface area contributed by atoms with Crippen LogP contribution in [0.1, 0.15) is 0 Å². The van der Waals surface area contributed by atoms with Crippen molar-refractivity contribution < 1.29 is 4.42 Å². The molecule has 10 aromatic rings. The molecular weight excluding hydrogens is 633 g/mol. The third-order valence-electron chi connectivity index (χ3n) is 10.1. The van der Waals surface area contributed by atoms with E-state index in [9.17, 15) is 0 Å². The van der Waals surface area contributed by atoms with Crippen LogP contribution in [0.25, 0.3) is 77.1 Å². The Bertz CT molecular complexity index is 2910. The highest BCUT2D eigenvalue weighted by Gasteiger charge is 2.18. The molecule has 0 aliphatic rings. The van der Waals surface area contributed by atoms with Crippen molar-refractivity contribution in [3.8, 4) is 33.7 Å². The summed E-state index contributed by atoms with van der Waals surface area (Å²) in [6.07, 6.45) is 0. The normalized spacial score (nSPS) is 11.5. The summed E-state index contributed by atoms with van der Waals surface area (Å²) in [7, 11) is 0. The number of hydrogen-bond donors (Lipinski definition) is 0. The fourth-order valence-corrected chi connectivity index (χ4v) is 7.52. The molecule has 0 atom stereocenters. The zero-order valence-corrected chi connectivity index (χ0v) is 28.3. The van der Waals surface area contributed by atoms with Crippen LogP contribution in [0.3, 0.4) is 0 Å². The summed E-state index contributed by atoms with van der Waals surface area (Å²) >= 11 is 0. The minimum Gasteiger partial charge on any atom is -0.435 e. The van der Waals surface area contributed by atoms with Crippen molar-refractivity contribution in [2.75, 3.05) is 4.90 Å². The summed E-state index contributed by atoms with van der Waals surface area (Å²) in [5.74, 6) is 0.629. The first-order valence-electron chi connectivity index (χ1n) is 17.6. The zero-order valence-electron chi connectivity index (χ0n) is 28.3. The SMILES string of the molecule is c1cc(-c2ccc3ccccc3c2)cc(N(c2ccc(-c3cccc4nc(-c5cccc6ccccc56)oc34)cc2)c2cccc3ccccc23)c1. The number of benzene rings is 9. The van der Waals surface area contributed by atoms with E-state index >= 15 is 0 Å². The molecule has 0 aliphatic carbocycles. The smallest absolute Gasteiger partial charge is 0.227 e. The second kappa shape index (κ2) is 12.4. The first kappa shape index (κ1) is 29.9. The predicted molar refractivity (Wildman–Crippen MR) is 218 cm³/mol. The molecular formula is C49H32N2O. The van der Waals surface area contributed by atoms with E-state index < -0.39 is 0 Å². The molecule has 244 valence electrons. The Morgan fingerprint density at radius 2 is 1.00 bits per heavy atom. The number of oxazole rings is 1. The van der Waals surface area contributed by atoms with E-state index in [1.54, 1.807) is 0 Å². The van der Waals surface area contributed by atoms with Gasteiger partial charge in [0, 0.05) is 27.9 Å². The summed E-state index contributed by atoms with van der Waals surface area (Å²) in [5.41, 5.74) is 10.3. The van der Waals surface area contributed by atoms with Crippen LogP contribution >= 0.6 is 0 Å². The van der Waals surface area contributed by atoms with Crippen LogP contribution in [0, 0.1) is 0 Å². The minimum atomic E-state index is 0.629. The van der Waals surface area contributed by atoms with E-state index in [0.29, 0.717) is 5.89 Å². The highest BCUT2D eigenvalue weighted by atomic mass is 16.3. The third kappa shape index (κ3) is 5.19. The highest BCUT2D eigenvalue weighted by Crippen LogP contribution is 2.42. The Balaban J connectivity index is 1.08. The monoisotopic (exact) mass is 664 g/mol. The lowest BCUT2D eigenvalue weighted by Gasteiger charge is -2.27. The van der Waals surface area contributed by atoms with Gasteiger partial charge in [0.25, 0.3) is 0 Å². The topological polar surface area (TPSA) is 29.3 Å². The lowest BCUT2D eigenvalue weighted by Crippen LogP contribution is -2.10. The molecule has 0 spiro atoms. The number of nitrogens with zero attached hydrogens (tertiary/aromatic N) is 2. The van der Waals surface area contributed by atoms with Crippen LogP contribution in [-0.4, -0.2) is 4.98 Å². The Labute approximate surface area is 301 Å². The van der Waals surface area contributed by atoms with Gasteiger partial charge in [-0.25, -0.2) is 4.98 Å². The number of rotatable bonds is 6. The van der Waals surface area contributed by atoms with E-state index in [4.69, 9.17) is 9.40 Å². The van der Waals surface area contributed by atoms with E-state index in [2.05, 4.69) is 193 Å². The molecule has 0 aliphatic heterocycles. The van der Waals surface area contributed by atoms with E-state index in [1.807, 2.05) is 6.07 Å². The Morgan fingerprint density at radius 3 is 1.85 bits per heavy atom. The maximum absolute atomic E-state index is 6.57. The van der Waals surface area contributed by atoms with Gasteiger partial charge in [-0.1, -0.05) is 146 Å². The second-order valence-corrected chi connectivity index (χ2v) is 13.2. The molecule has 10 rings (SSSR count). The highest BCUT2D eigenvalue weighted by molar-refractivity contribution is 6.00. The van der Waals surface area contributed by atoms with Gasteiger partial charge in [0.15, 0.2) is 5.58 Å². The maximum Gasteiger partial charge on any atom is 0.227 e. The van der Waals surface area contributed by atoms with Crippen molar-refractivity contribution in [1.29, 1.82) is 0 Å². The van der Waals surface area contributed by atoms with Gasteiger partial charge in [0.1, 0.15) is 5.52 Å². The van der Waals surface area contributed by atoms with Crippen LogP contribution in [0.4, 0.5) is 17.1 Å². The van der Waals surface area contributed by atoms with Crippen molar-refractivity contribution in [3.05, 3.63) is 194 Å². The Morgan fingerprint density at radius 1 is 0.385 bits per heavy atom. The number of anilines is 3. The largest absolute Gasteiger partial charge is 0.435 e. The molecule has 0 saturated heterocycles. The summed E-state index contributed by atoms with van der Waals surface area (Å²) in [6, 6.07) is 68.8. The third-order valence-corrected chi connectivity index (χ3v) is 10.1. The first-order chi connectivity index (χ1) is 25.8. The molecule has 3 nitrogen and oxygen atoms in total. The van der Waals surface area contributed by atoms with Crippen LogP contribution in [0.15, 0.2) is 199 Å². The number of fused-ring (bicyclic) bond motifs is 4. The van der Waals surface area contributed by atoms with Gasteiger partial charge in [0.05, 0.1) is 5.69 Å². The van der Waals surface area contributed by atoms with Crippen molar-refractivity contribution in [1.82, 2.24) is 4.98 Å². The Hall–Kier alpha value is -6.97. The van der Waals surface area contributed by atoms with E-state index in [-0.39, 0.29) is 0 Å². The Kier molecular flexibility index (Phi) is 7.14. The van der Waals surface area contributed by atoms with Gasteiger partial charge in [0.2, 0.25) is 5.89 Å². The average Bonchev–Trinajstić information content (AvgIpc) is 3.66. The molecule has 9 aromatic carbocycles. The quantitative estimate of drug-likeness (QED) is 0.177. The molecule has 0 bridgehead atoms. The molecule has 0 radical (unpaired) electrons. The van der Waals surface area contributed by atoms with Gasteiger partial charge in [-0.15, -0.1) is 0 Å². The molecule has 0 saturated carbocycles. The maximum atomic E-state index is 6.57. The molecule has 1 aromatic heterocycles. The number of aromatic nitrogens is 1. The summed E-state index contributed by atoms with van der Waals surface area (Å²) in [5, 5.41) is 7.16. The van der Waals surface area contributed by atoms with Crippen molar-refractivity contribution in [2.24, 2.45) is 0 Å². The molecule has 0 fully saturated rings. The van der Waals surface area contributed by atoms with Gasteiger partial charge < -0.3 is 9.32 Å². The standard InChI is InChI=1S/C49H32N2O/c1-2-14-37-31-39(26-25-33(37)11-1)38-17-7-18-41(32-38)51(47-24-9-16-35-13-4-6-20-43(35)47)40-29-27-36(28-30-40)44-21-10-23-46-48(44)52-49(50-46)45-22-8-15-34-12-3-5-19-42(34)45/h1-32H. The summed E-state index contributed by atoms with van der Waals surface area (Å²) in [6.45, 7) is 0. The van der Waals surface area contributed by atoms with E-state index in [1.165, 1.54) is 32.7 Å². The zero-order chi connectivity index (χ0) is 34.4. The lowest BCUT2D eigenvalue weighted by molar-refractivity contribution is 0.621. The van der Waals surface area contributed by atoms with Crippen molar-refractivity contribution in [2.45, 2.75) is 0 Å². The van der Waals surface area contributed by atoms with Crippen LogP contribution in [0.5, 0.6) is 0 Å². The van der Waals surface area contributed by atoms with Crippen LogP contribution in [-0.2, 0) is 0 Å². The first-order valence-corrected chi connectivity index (χ1v) is 17.6. The van der Waals surface area contributed by atoms with Gasteiger partial charge >= 0.3 is 0 Å². The molecule has 3 heteroatoms. The molecule has 1 heterocycles. The number of para-hydroxylation sites is 1. The van der Waals surface area contributed by atoms with Gasteiger partial charge in [-0.2, -0.15) is 0 Å².